The third kappa shape index (κ3) is 14.0. The number of carbonyl (C=O) groups is 2. The molecule has 2 saturated heterocycles. The molecule has 0 radical (unpaired) electrons. The van der Waals surface area contributed by atoms with Crippen LogP contribution in [0.25, 0.3) is 0 Å². The summed E-state index contributed by atoms with van der Waals surface area (Å²) >= 11 is 0. The minimum atomic E-state index is -3.21. The van der Waals surface area contributed by atoms with Crippen molar-refractivity contribution in [1.82, 2.24) is 20.6 Å². The van der Waals surface area contributed by atoms with Gasteiger partial charge in [0.05, 0.1) is 32.5 Å². The zero-order valence-corrected chi connectivity index (χ0v) is 26.8. The summed E-state index contributed by atoms with van der Waals surface area (Å²) in [6, 6.07) is 8.52. The fourth-order valence-corrected chi connectivity index (χ4v) is 5.31. The molecule has 0 aromatic heterocycles. The van der Waals surface area contributed by atoms with Gasteiger partial charge in [0.2, 0.25) is 6.41 Å². The highest BCUT2D eigenvalue weighted by atomic mass is 31.2. The molecule has 4 unspecified atom stereocenters. The highest BCUT2D eigenvalue weighted by Gasteiger charge is 2.51. The van der Waals surface area contributed by atoms with E-state index in [1.807, 2.05) is 44.2 Å². The largest absolute Gasteiger partial charge is 0.460 e. The molecule has 248 valence electrons. The van der Waals surface area contributed by atoms with E-state index in [1.165, 1.54) is 19.3 Å². The van der Waals surface area contributed by atoms with Crippen molar-refractivity contribution < 1.29 is 41.6 Å². The summed E-state index contributed by atoms with van der Waals surface area (Å²) in [4.78, 5) is 29.2. The van der Waals surface area contributed by atoms with Gasteiger partial charge in [0, 0.05) is 39.3 Å². The van der Waals surface area contributed by atoms with Crippen LogP contribution in [0.4, 0.5) is 8.78 Å². The van der Waals surface area contributed by atoms with Crippen LogP contribution in [0.5, 0.6) is 0 Å². The summed E-state index contributed by atoms with van der Waals surface area (Å²) < 4.78 is 57.6. The third-order valence-electron chi connectivity index (χ3n) is 6.32. The number of amides is 1. The van der Waals surface area contributed by atoms with Gasteiger partial charge in [-0.3, -0.25) is 19.5 Å². The highest BCUT2D eigenvalue weighted by molar-refractivity contribution is 7.45. The Morgan fingerprint density at radius 1 is 1.23 bits per heavy atom. The molecule has 44 heavy (non-hydrogen) atoms. The van der Waals surface area contributed by atoms with Crippen LogP contribution in [0.1, 0.15) is 39.2 Å². The number of alkyl halides is 2. The van der Waals surface area contributed by atoms with Crippen LogP contribution < -0.4 is 15.7 Å². The van der Waals surface area contributed by atoms with Crippen LogP contribution in [0.3, 0.4) is 0 Å². The Kier molecular flexibility index (Phi) is 18.1. The van der Waals surface area contributed by atoms with Crippen molar-refractivity contribution in [3.05, 3.63) is 48.2 Å². The number of nitrogens with zero attached hydrogens (tertiary/aromatic N) is 2. The van der Waals surface area contributed by atoms with E-state index < -0.39 is 45.2 Å². The molecule has 1 aromatic carbocycles. The molecule has 12 nitrogen and oxygen atoms in total. The molecule has 1 amide bonds. The predicted molar refractivity (Wildman–Crippen MR) is 164 cm³/mol. The molecule has 0 saturated carbocycles. The number of hydrogen-bond acceptors (Lipinski definition) is 10. The van der Waals surface area contributed by atoms with Crippen LogP contribution in [-0.2, 0) is 39.5 Å². The summed E-state index contributed by atoms with van der Waals surface area (Å²) in [5.74, 6) is -3.60. The molecule has 3 N–H and O–H groups in total. The first kappa shape index (κ1) is 37.6. The van der Waals surface area contributed by atoms with E-state index in [9.17, 15) is 18.4 Å². The summed E-state index contributed by atoms with van der Waals surface area (Å²) in [7, 11) is -0.414. The van der Waals surface area contributed by atoms with Gasteiger partial charge in [0.1, 0.15) is 18.5 Å². The number of morpholine rings is 1. The Labute approximate surface area is 259 Å². The highest BCUT2D eigenvalue weighted by Crippen LogP contribution is 2.39. The van der Waals surface area contributed by atoms with E-state index in [-0.39, 0.29) is 19.0 Å². The molecule has 0 spiro atoms. The Bertz CT molecular complexity index is 1020. The normalized spacial score (nSPS) is 21.6. The van der Waals surface area contributed by atoms with Gasteiger partial charge in [-0.2, -0.15) is 0 Å². The fraction of sp³-hybridized carbons (Fsp3) is 0.621. The van der Waals surface area contributed by atoms with Crippen LogP contribution in [-0.4, -0.2) is 101 Å². The maximum Gasteiger partial charge on any atom is 0.323 e. The molecular formula is C29H46F2N5O7P. The van der Waals surface area contributed by atoms with E-state index in [1.54, 1.807) is 6.92 Å². The topological polar surface area (TPSA) is 132 Å². The fourth-order valence-electron chi connectivity index (χ4n) is 4.06. The number of nitrogens with one attached hydrogen (secondary N) is 3. The van der Waals surface area contributed by atoms with Crippen LogP contribution in [0, 0.1) is 0 Å². The van der Waals surface area contributed by atoms with Crippen LogP contribution in [0.2, 0.25) is 0 Å². The molecule has 0 aliphatic carbocycles. The number of rotatable bonds is 17. The van der Waals surface area contributed by atoms with Crippen molar-refractivity contribution in [1.29, 1.82) is 0 Å². The van der Waals surface area contributed by atoms with E-state index in [4.69, 9.17) is 23.3 Å². The van der Waals surface area contributed by atoms with Crippen molar-refractivity contribution >= 4 is 26.7 Å². The zero-order valence-electron chi connectivity index (χ0n) is 25.9. The standard InChI is InChI=1S/C27H40F2N5O7P.C2H6/c1-21(25(36)38-18-22-7-4-3-5-8-22)33-42(39-14-6-11-34-12-15-37-16-13-34)40-19-23-17-27(28,29)26(41-23)32-24(30-2)9-10-31-20-35;1-2/h3-5,7-10,20-21,23,26,33H,6,11-19H2,1-2H3,(H,30,32)(H,31,35);1-2H3/b10-9-;. The minimum absolute atomic E-state index is 0.103. The lowest BCUT2D eigenvalue weighted by Gasteiger charge is -2.27. The summed E-state index contributed by atoms with van der Waals surface area (Å²) in [5, 5.41) is 7.84. The Morgan fingerprint density at radius 3 is 2.64 bits per heavy atom. The number of amidine groups is 1. The second-order valence-corrected chi connectivity index (χ2v) is 10.9. The Morgan fingerprint density at radius 2 is 1.95 bits per heavy atom. The predicted octanol–water partition coefficient (Wildman–Crippen LogP) is 3.34. The molecule has 0 bridgehead atoms. The molecule has 4 atom stereocenters. The van der Waals surface area contributed by atoms with Gasteiger partial charge < -0.3 is 33.9 Å². The molecule has 2 heterocycles. The summed E-state index contributed by atoms with van der Waals surface area (Å²) in [6.45, 7) is 9.79. The van der Waals surface area contributed by atoms with Crippen molar-refractivity contribution in [2.24, 2.45) is 4.99 Å². The second kappa shape index (κ2) is 21.2. The number of carbonyl (C=O) groups excluding carboxylic acids is 2. The lowest BCUT2D eigenvalue weighted by molar-refractivity contribution is -0.146. The molecule has 1 aromatic rings. The molecule has 2 fully saturated rings. The second-order valence-electron chi connectivity index (χ2n) is 9.61. The monoisotopic (exact) mass is 645 g/mol. The number of aliphatic imine (C=N–C) groups is 1. The molecule has 2 aliphatic heterocycles. The van der Waals surface area contributed by atoms with Gasteiger partial charge in [-0.15, -0.1) is 0 Å². The van der Waals surface area contributed by atoms with Gasteiger partial charge in [-0.1, -0.05) is 44.2 Å². The number of benzene rings is 1. The van der Waals surface area contributed by atoms with Gasteiger partial charge in [-0.05, 0) is 25.0 Å². The lowest BCUT2D eigenvalue weighted by Crippen LogP contribution is -2.44. The molecule has 3 rings (SSSR count). The van der Waals surface area contributed by atoms with E-state index in [0.29, 0.717) is 32.7 Å². The first-order valence-corrected chi connectivity index (χ1v) is 15.9. The summed E-state index contributed by atoms with van der Waals surface area (Å²) in [6.07, 6.45) is 0.571. The zero-order chi connectivity index (χ0) is 32.2. The van der Waals surface area contributed by atoms with Crippen molar-refractivity contribution in [2.75, 3.05) is 53.1 Å². The van der Waals surface area contributed by atoms with Crippen LogP contribution >= 0.6 is 8.53 Å². The first-order valence-electron chi connectivity index (χ1n) is 14.8. The maximum absolute atomic E-state index is 14.7. The van der Waals surface area contributed by atoms with Crippen molar-refractivity contribution in [2.45, 2.75) is 64.5 Å². The average molecular weight is 646 g/mol. The number of halogens is 2. The maximum atomic E-state index is 14.7. The number of esters is 1. The summed E-state index contributed by atoms with van der Waals surface area (Å²) in [5.41, 5.74) is 0.852. The number of hydrogen-bond donors (Lipinski definition) is 3. The van der Waals surface area contributed by atoms with E-state index in [2.05, 4.69) is 25.6 Å². The quantitative estimate of drug-likeness (QED) is 0.0579. The van der Waals surface area contributed by atoms with Crippen LogP contribution in [0.15, 0.2) is 47.6 Å². The van der Waals surface area contributed by atoms with E-state index in [0.717, 1.165) is 25.2 Å². The smallest absolute Gasteiger partial charge is 0.323 e. The van der Waals surface area contributed by atoms with Gasteiger partial charge >= 0.3 is 5.97 Å². The molecule has 2 aliphatic rings. The van der Waals surface area contributed by atoms with Gasteiger partial charge in [0.15, 0.2) is 6.23 Å². The average Bonchev–Trinajstić information content (AvgIpc) is 3.34. The van der Waals surface area contributed by atoms with Crippen molar-refractivity contribution in [3.63, 3.8) is 0 Å². The Balaban J connectivity index is 0.00000330. The van der Waals surface area contributed by atoms with E-state index >= 15 is 0 Å². The molecular weight excluding hydrogens is 599 g/mol. The minimum Gasteiger partial charge on any atom is -0.460 e. The van der Waals surface area contributed by atoms with Gasteiger partial charge in [-0.25, -0.2) is 13.9 Å². The Hall–Kier alpha value is -2.58. The first-order chi connectivity index (χ1) is 21.3. The third-order valence-corrected chi connectivity index (χ3v) is 7.72. The van der Waals surface area contributed by atoms with Gasteiger partial charge in [0.25, 0.3) is 14.4 Å². The van der Waals surface area contributed by atoms with Crippen molar-refractivity contribution in [3.8, 4) is 0 Å². The molecule has 15 heteroatoms. The lowest BCUT2D eigenvalue weighted by atomic mass is 10.2. The number of ether oxygens (including phenoxy) is 3. The SMILES string of the molecule is CC.CN=C(/C=C\NC=O)NC1OC(COP(NC(C)C(=O)OCc2ccccc2)OCCCN2CCOCC2)CC1(F)F.